The van der Waals surface area contributed by atoms with Crippen molar-refractivity contribution in [3.63, 3.8) is 0 Å². The van der Waals surface area contributed by atoms with E-state index in [0.29, 0.717) is 11.4 Å². The third-order valence-corrected chi connectivity index (χ3v) is 6.94. The van der Waals surface area contributed by atoms with Crippen LogP contribution in [0.5, 0.6) is 5.75 Å². The predicted octanol–water partition coefficient (Wildman–Crippen LogP) is 7.52. The van der Waals surface area contributed by atoms with E-state index in [0.717, 1.165) is 44.7 Å². The van der Waals surface area contributed by atoms with Crippen LogP contribution in [0.15, 0.2) is 71.9 Å². The molecule has 0 heterocycles. The molecular formula is C33H43N3O2. The van der Waals surface area contributed by atoms with E-state index in [9.17, 15) is 10.0 Å². The number of phenolic OH excluding ortho intramolecular Hbond substituents is 1. The van der Waals surface area contributed by atoms with Gasteiger partial charge in [0.2, 0.25) is 0 Å². The molecule has 38 heavy (non-hydrogen) atoms. The zero-order valence-electron chi connectivity index (χ0n) is 23.4. The molecule has 0 aliphatic heterocycles. The van der Waals surface area contributed by atoms with Gasteiger partial charge in [0.1, 0.15) is 11.4 Å². The minimum absolute atomic E-state index is 0.129. The third kappa shape index (κ3) is 9.04. The van der Waals surface area contributed by atoms with Crippen molar-refractivity contribution in [1.29, 1.82) is 0 Å². The largest absolute Gasteiger partial charge is 0.508 e. The second-order valence-corrected chi connectivity index (χ2v) is 10.1. The molecule has 0 atom stereocenters. The number of terminal acetylenes is 1. The molecule has 5 nitrogen and oxygen atoms in total. The Kier molecular flexibility index (Phi) is 12.6. The number of aromatic hydroxyl groups is 1. The number of hydrogen-bond acceptors (Lipinski definition) is 5. The topological polar surface area (TPSA) is 64.9 Å². The quantitative estimate of drug-likeness (QED) is 0.229. The molecule has 1 aliphatic rings. The Morgan fingerprint density at radius 1 is 0.947 bits per heavy atom. The summed E-state index contributed by atoms with van der Waals surface area (Å²) < 4.78 is 0. The molecule has 1 aliphatic carbocycles. The van der Waals surface area contributed by atoms with Crippen LogP contribution in [0.3, 0.4) is 0 Å². The number of benzene rings is 3. The van der Waals surface area contributed by atoms with E-state index < -0.39 is 0 Å². The Morgan fingerprint density at radius 3 is 2.24 bits per heavy atom. The lowest BCUT2D eigenvalue weighted by Gasteiger charge is -2.27. The van der Waals surface area contributed by atoms with E-state index in [-0.39, 0.29) is 5.41 Å². The molecule has 0 spiro atoms. The molecule has 3 aromatic rings. The van der Waals surface area contributed by atoms with Crippen LogP contribution in [-0.4, -0.2) is 24.7 Å². The monoisotopic (exact) mass is 513 g/mol. The summed E-state index contributed by atoms with van der Waals surface area (Å²) in [5, 5.41) is 16.1. The van der Waals surface area contributed by atoms with Crippen LogP contribution in [0.1, 0.15) is 62.8 Å². The number of nitrogens with one attached hydrogen (secondary N) is 1. The molecule has 2 N–H and O–H groups in total. The molecule has 202 valence electrons. The first kappa shape index (κ1) is 30.6. The average molecular weight is 514 g/mol. The van der Waals surface area contributed by atoms with Gasteiger partial charge in [0.05, 0.1) is 0 Å². The van der Waals surface area contributed by atoms with Crippen molar-refractivity contribution in [3.05, 3.63) is 93.9 Å². The van der Waals surface area contributed by atoms with Crippen molar-refractivity contribution in [1.82, 2.24) is 5.32 Å². The maximum atomic E-state index is 10.2. The fraction of sp³-hybridized carbons (Fsp3) is 0.394. The number of nitroso groups, excluding NO2 is 1. The summed E-state index contributed by atoms with van der Waals surface area (Å²) in [5.74, 6) is 0.312. The predicted molar refractivity (Wildman–Crippen MR) is 161 cm³/mol. The lowest BCUT2D eigenvalue weighted by molar-refractivity contribution is 0.475. The third-order valence-electron chi connectivity index (χ3n) is 6.94. The molecule has 0 fully saturated rings. The smallest absolute Gasteiger partial charge is 0.117 e. The van der Waals surface area contributed by atoms with Crippen molar-refractivity contribution in [2.24, 2.45) is 5.18 Å². The molecule has 0 saturated carbocycles. The zero-order chi connectivity index (χ0) is 28.0. The fourth-order valence-corrected chi connectivity index (χ4v) is 4.67. The van der Waals surface area contributed by atoms with E-state index >= 15 is 0 Å². The second kappa shape index (κ2) is 15.6. The number of likely N-dealkylation sites (N-methyl/N-ethyl adjacent to an activating group) is 1. The standard InChI is InChI=1S/C21H30N2O.C10H11NO.C2H2/c1-5-22-16-21(3,4)18-12-10-17(11-13-18)15-23(6-2)19-8-7-9-20(24)14-19;12-11-10-6-5-8-3-1-2-4-9(8)7-10;1-2/h7-14,22,24H,5-6,15-16H2,1-4H3;5-7H,1-4H2;1-2H. The molecule has 3 aromatic carbocycles. The summed E-state index contributed by atoms with van der Waals surface area (Å²) in [6, 6.07) is 22.1. The Hall–Kier alpha value is -3.62. The molecule has 0 aromatic heterocycles. The zero-order valence-corrected chi connectivity index (χ0v) is 23.4. The average Bonchev–Trinajstić information content (AvgIpc) is 2.96. The first-order chi connectivity index (χ1) is 18.4. The number of rotatable bonds is 9. The summed E-state index contributed by atoms with van der Waals surface area (Å²) >= 11 is 0. The van der Waals surface area contributed by atoms with Gasteiger partial charge in [-0.05, 0) is 90.8 Å². The lowest BCUT2D eigenvalue weighted by Crippen LogP contribution is -2.32. The van der Waals surface area contributed by atoms with Crippen molar-refractivity contribution in [2.75, 3.05) is 24.5 Å². The van der Waals surface area contributed by atoms with Crippen molar-refractivity contribution < 1.29 is 5.11 Å². The molecule has 0 saturated heterocycles. The van der Waals surface area contributed by atoms with Crippen LogP contribution in [0.4, 0.5) is 11.4 Å². The van der Waals surface area contributed by atoms with Gasteiger partial charge in [-0.1, -0.05) is 57.2 Å². The van der Waals surface area contributed by atoms with Gasteiger partial charge in [-0.15, -0.1) is 17.8 Å². The first-order valence-electron chi connectivity index (χ1n) is 13.5. The van der Waals surface area contributed by atoms with Crippen LogP contribution in [-0.2, 0) is 24.8 Å². The molecule has 4 rings (SSSR count). The Bertz CT molecular complexity index is 1150. The number of phenols is 1. The fourth-order valence-electron chi connectivity index (χ4n) is 4.67. The number of nitrogens with zero attached hydrogens (tertiary/aromatic N) is 2. The van der Waals surface area contributed by atoms with Gasteiger partial charge in [0.15, 0.2) is 0 Å². The van der Waals surface area contributed by atoms with E-state index in [4.69, 9.17) is 0 Å². The Balaban J connectivity index is 0.000000301. The minimum atomic E-state index is 0.129. The molecule has 0 unspecified atom stereocenters. The number of aryl methyl sites for hydroxylation is 2. The van der Waals surface area contributed by atoms with E-state index in [1.165, 1.54) is 35.1 Å². The molecule has 5 heteroatoms. The van der Waals surface area contributed by atoms with Crippen LogP contribution in [0, 0.1) is 17.8 Å². The SMILES string of the molecule is C#C.CCNCC(C)(C)c1ccc(CN(CC)c2cccc(O)c2)cc1.O=Nc1ccc2c(c1)CCCC2. The molecule has 0 bridgehead atoms. The highest BCUT2D eigenvalue weighted by molar-refractivity contribution is 5.51. The molecule has 0 amide bonds. The van der Waals surface area contributed by atoms with Gasteiger partial charge < -0.3 is 15.3 Å². The highest BCUT2D eigenvalue weighted by atomic mass is 16.3. The van der Waals surface area contributed by atoms with Crippen molar-refractivity contribution in [3.8, 4) is 18.6 Å². The summed E-state index contributed by atoms with van der Waals surface area (Å²) in [6.07, 6.45) is 12.8. The van der Waals surface area contributed by atoms with E-state index in [1.807, 2.05) is 30.3 Å². The molecular weight excluding hydrogens is 470 g/mol. The van der Waals surface area contributed by atoms with Gasteiger partial charge in [-0.25, -0.2) is 0 Å². The van der Waals surface area contributed by atoms with Gasteiger partial charge in [0, 0.05) is 36.8 Å². The van der Waals surface area contributed by atoms with Gasteiger partial charge >= 0.3 is 0 Å². The number of hydrogen-bond donors (Lipinski definition) is 2. The van der Waals surface area contributed by atoms with Gasteiger partial charge in [-0.2, -0.15) is 0 Å². The van der Waals surface area contributed by atoms with Crippen LogP contribution in [0.25, 0.3) is 0 Å². The van der Waals surface area contributed by atoms with Crippen LogP contribution < -0.4 is 10.2 Å². The minimum Gasteiger partial charge on any atom is -0.508 e. The van der Waals surface area contributed by atoms with Gasteiger partial charge in [0.25, 0.3) is 0 Å². The van der Waals surface area contributed by atoms with Crippen LogP contribution in [0.2, 0.25) is 0 Å². The second-order valence-electron chi connectivity index (χ2n) is 10.1. The van der Waals surface area contributed by atoms with Crippen molar-refractivity contribution in [2.45, 2.75) is 65.3 Å². The maximum Gasteiger partial charge on any atom is 0.117 e. The normalized spacial score (nSPS) is 12.2. The highest BCUT2D eigenvalue weighted by Gasteiger charge is 2.19. The van der Waals surface area contributed by atoms with E-state index in [1.54, 1.807) is 12.1 Å². The lowest BCUT2D eigenvalue weighted by atomic mass is 9.84. The number of anilines is 1. The van der Waals surface area contributed by atoms with Crippen molar-refractivity contribution >= 4 is 11.4 Å². The highest BCUT2D eigenvalue weighted by Crippen LogP contribution is 2.26. The van der Waals surface area contributed by atoms with Gasteiger partial charge in [-0.3, -0.25) is 0 Å². The summed E-state index contributed by atoms with van der Waals surface area (Å²) in [6.45, 7) is 12.5. The summed E-state index contributed by atoms with van der Waals surface area (Å²) in [5.41, 5.74) is 7.09. The summed E-state index contributed by atoms with van der Waals surface area (Å²) in [7, 11) is 0. The van der Waals surface area contributed by atoms with E-state index in [2.05, 4.69) is 80.2 Å². The molecule has 0 radical (unpaired) electrons. The Labute approximate surface area is 229 Å². The maximum absolute atomic E-state index is 10.2. The summed E-state index contributed by atoms with van der Waals surface area (Å²) in [4.78, 5) is 12.5. The number of fused-ring (bicyclic) bond motifs is 1. The van der Waals surface area contributed by atoms with Crippen LogP contribution >= 0.6 is 0 Å². The Morgan fingerprint density at radius 2 is 1.63 bits per heavy atom. The first-order valence-corrected chi connectivity index (χ1v) is 13.5.